The largest absolute Gasteiger partial charge is 0.497 e. The Bertz CT molecular complexity index is 1080. The molecule has 8 heteroatoms. The predicted molar refractivity (Wildman–Crippen MR) is 135 cm³/mol. The SMILES string of the molecule is COc1cccc(C(=O)N2C(C(=O)NCc3ccccc3)COC23CCN(C(=O)CC(C)C)CC3)c1. The van der Waals surface area contributed by atoms with Gasteiger partial charge in [-0.05, 0) is 29.7 Å². The first-order valence-corrected chi connectivity index (χ1v) is 12.5. The molecule has 0 aliphatic carbocycles. The second-order valence-electron chi connectivity index (χ2n) is 9.86. The third-order valence-electron chi connectivity index (χ3n) is 6.89. The quantitative estimate of drug-likeness (QED) is 0.640. The third-order valence-corrected chi connectivity index (χ3v) is 6.89. The summed E-state index contributed by atoms with van der Waals surface area (Å²) in [5, 5.41) is 2.97. The van der Waals surface area contributed by atoms with Gasteiger partial charge >= 0.3 is 0 Å². The van der Waals surface area contributed by atoms with Crippen molar-refractivity contribution in [3.63, 3.8) is 0 Å². The first-order valence-electron chi connectivity index (χ1n) is 12.5. The molecule has 2 saturated heterocycles. The molecule has 8 nitrogen and oxygen atoms in total. The average Bonchev–Trinajstić information content (AvgIpc) is 3.25. The Morgan fingerprint density at radius 1 is 1.08 bits per heavy atom. The number of benzene rings is 2. The van der Waals surface area contributed by atoms with Crippen LogP contribution in [0.3, 0.4) is 0 Å². The number of likely N-dealkylation sites (tertiary alicyclic amines) is 1. The van der Waals surface area contributed by atoms with Crippen LogP contribution in [0.15, 0.2) is 54.6 Å². The summed E-state index contributed by atoms with van der Waals surface area (Å²) in [5.74, 6) is 0.410. The van der Waals surface area contributed by atoms with E-state index in [2.05, 4.69) is 5.32 Å². The van der Waals surface area contributed by atoms with Gasteiger partial charge in [0, 0.05) is 44.5 Å². The number of nitrogens with zero attached hydrogens (tertiary/aromatic N) is 2. The molecule has 0 aromatic heterocycles. The van der Waals surface area contributed by atoms with Gasteiger partial charge in [0.05, 0.1) is 13.7 Å². The topological polar surface area (TPSA) is 88.2 Å². The van der Waals surface area contributed by atoms with Crippen LogP contribution in [0, 0.1) is 5.92 Å². The number of rotatable bonds is 7. The summed E-state index contributed by atoms with van der Waals surface area (Å²) < 4.78 is 11.6. The fourth-order valence-electron chi connectivity index (χ4n) is 4.95. The van der Waals surface area contributed by atoms with E-state index in [0.29, 0.717) is 50.2 Å². The van der Waals surface area contributed by atoms with Crippen LogP contribution in [0.4, 0.5) is 0 Å². The summed E-state index contributed by atoms with van der Waals surface area (Å²) in [5.41, 5.74) is 0.462. The molecule has 4 rings (SSSR count). The van der Waals surface area contributed by atoms with Crippen molar-refractivity contribution in [2.75, 3.05) is 26.8 Å². The van der Waals surface area contributed by atoms with Crippen LogP contribution in [-0.2, 0) is 20.9 Å². The van der Waals surface area contributed by atoms with Gasteiger partial charge in [0.15, 0.2) is 0 Å². The fraction of sp³-hybridized carbons (Fsp3) is 0.464. The third kappa shape index (κ3) is 5.54. The smallest absolute Gasteiger partial charge is 0.257 e. The molecule has 192 valence electrons. The molecule has 0 bridgehead atoms. The molecule has 0 saturated carbocycles. The average molecular weight is 494 g/mol. The predicted octanol–water partition coefficient (Wildman–Crippen LogP) is 3.22. The van der Waals surface area contributed by atoms with Gasteiger partial charge in [0.2, 0.25) is 11.8 Å². The maximum atomic E-state index is 13.9. The van der Waals surface area contributed by atoms with Crippen molar-refractivity contribution in [3.8, 4) is 5.75 Å². The fourth-order valence-corrected chi connectivity index (χ4v) is 4.95. The minimum atomic E-state index is -0.941. The van der Waals surface area contributed by atoms with Crippen LogP contribution in [0.1, 0.15) is 49.0 Å². The van der Waals surface area contributed by atoms with E-state index in [-0.39, 0.29) is 30.2 Å². The van der Waals surface area contributed by atoms with Crippen molar-refractivity contribution < 1.29 is 23.9 Å². The lowest BCUT2D eigenvalue weighted by molar-refractivity contribution is -0.144. The van der Waals surface area contributed by atoms with Crippen LogP contribution >= 0.6 is 0 Å². The van der Waals surface area contributed by atoms with Crippen LogP contribution in [0.2, 0.25) is 0 Å². The zero-order valence-electron chi connectivity index (χ0n) is 21.2. The second-order valence-corrected chi connectivity index (χ2v) is 9.86. The van der Waals surface area contributed by atoms with Gasteiger partial charge < -0.3 is 19.7 Å². The lowest BCUT2D eigenvalue weighted by atomic mass is 9.96. The zero-order valence-corrected chi connectivity index (χ0v) is 21.2. The van der Waals surface area contributed by atoms with Gasteiger partial charge in [-0.15, -0.1) is 0 Å². The number of hydrogen-bond acceptors (Lipinski definition) is 5. The molecule has 2 aliphatic heterocycles. The molecule has 0 radical (unpaired) electrons. The van der Waals surface area contributed by atoms with Gasteiger partial charge in [0.1, 0.15) is 17.5 Å². The Balaban J connectivity index is 1.56. The number of ether oxygens (including phenoxy) is 2. The molecule has 2 aromatic carbocycles. The van der Waals surface area contributed by atoms with Gasteiger partial charge in [-0.25, -0.2) is 0 Å². The van der Waals surface area contributed by atoms with Crippen molar-refractivity contribution in [2.45, 2.75) is 51.4 Å². The number of piperidine rings is 1. The van der Waals surface area contributed by atoms with Crippen LogP contribution < -0.4 is 10.1 Å². The Labute approximate surface area is 212 Å². The van der Waals surface area contributed by atoms with E-state index >= 15 is 0 Å². The number of hydrogen-bond donors (Lipinski definition) is 1. The summed E-state index contributed by atoms with van der Waals surface area (Å²) in [4.78, 5) is 43.3. The van der Waals surface area contributed by atoms with E-state index in [4.69, 9.17) is 9.47 Å². The molecule has 1 atom stereocenters. The van der Waals surface area contributed by atoms with Crippen molar-refractivity contribution in [1.82, 2.24) is 15.1 Å². The Kier molecular flexibility index (Phi) is 7.94. The molecular formula is C28H35N3O5. The highest BCUT2D eigenvalue weighted by atomic mass is 16.5. The minimum Gasteiger partial charge on any atom is -0.497 e. The zero-order chi connectivity index (χ0) is 25.7. The number of carbonyl (C=O) groups is 3. The van der Waals surface area contributed by atoms with Crippen molar-refractivity contribution >= 4 is 17.7 Å². The summed E-state index contributed by atoms with van der Waals surface area (Å²) in [6.07, 6.45) is 1.40. The van der Waals surface area contributed by atoms with Crippen LogP contribution in [-0.4, -0.2) is 66.1 Å². The van der Waals surface area contributed by atoms with E-state index < -0.39 is 11.8 Å². The molecule has 3 amide bonds. The highest BCUT2D eigenvalue weighted by Crippen LogP contribution is 2.39. The highest BCUT2D eigenvalue weighted by Gasteiger charge is 2.54. The van der Waals surface area contributed by atoms with Gasteiger partial charge in [0.25, 0.3) is 5.91 Å². The maximum absolute atomic E-state index is 13.9. The molecule has 1 unspecified atom stereocenters. The number of methoxy groups -OCH3 is 1. The summed E-state index contributed by atoms with van der Waals surface area (Å²) in [7, 11) is 1.55. The molecule has 1 spiro atoms. The van der Waals surface area contributed by atoms with E-state index in [9.17, 15) is 14.4 Å². The first-order chi connectivity index (χ1) is 17.3. The molecule has 2 aliphatic rings. The van der Waals surface area contributed by atoms with E-state index in [1.807, 2.05) is 49.1 Å². The van der Waals surface area contributed by atoms with E-state index in [0.717, 1.165) is 5.56 Å². The molecule has 2 fully saturated rings. The van der Waals surface area contributed by atoms with E-state index in [1.165, 1.54) is 0 Å². The lowest BCUT2D eigenvalue weighted by Crippen LogP contribution is -2.59. The molecule has 36 heavy (non-hydrogen) atoms. The van der Waals surface area contributed by atoms with Gasteiger partial charge in [-0.1, -0.05) is 50.2 Å². The maximum Gasteiger partial charge on any atom is 0.257 e. The van der Waals surface area contributed by atoms with Crippen molar-refractivity contribution in [1.29, 1.82) is 0 Å². The van der Waals surface area contributed by atoms with Gasteiger partial charge in [-0.2, -0.15) is 0 Å². The monoisotopic (exact) mass is 493 g/mol. The normalized spacial score (nSPS) is 18.9. The summed E-state index contributed by atoms with van der Waals surface area (Å²) in [6, 6.07) is 15.8. The molecule has 2 heterocycles. The Hall–Kier alpha value is -3.39. The number of carbonyl (C=O) groups excluding carboxylic acids is 3. The van der Waals surface area contributed by atoms with Crippen LogP contribution in [0.5, 0.6) is 5.75 Å². The van der Waals surface area contributed by atoms with Crippen molar-refractivity contribution in [3.05, 3.63) is 65.7 Å². The number of amides is 3. The second kappa shape index (κ2) is 11.1. The standard InChI is InChI=1S/C28H35N3O5/c1-20(2)16-25(32)30-14-12-28(13-15-30)31(27(34)22-10-7-11-23(17-22)35-3)24(19-36-28)26(33)29-18-21-8-5-4-6-9-21/h4-11,17,20,24H,12-16,18-19H2,1-3H3,(H,29,33). The molecule has 1 N–H and O–H groups in total. The summed E-state index contributed by atoms with van der Waals surface area (Å²) >= 11 is 0. The highest BCUT2D eigenvalue weighted by molar-refractivity contribution is 5.98. The Morgan fingerprint density at radius 3 is 2.47 bits per heavy atom. The van der Waals surface area contributed by atoms with E-state index in [1.54, 1.807) is 36.3 Å². The lowest BCUT2D eigenvalue weighted by Gasteiger charge is -2.44. The summed E-state index contributed by atoms with van der Waals surface area (Å²) in [6.45, 7) is 5.48. The molecule has 2 aromatic rings. The van der Waals surface area contributed by atoms with Crippen molar-refractivity contribution in [2.24, 2.45) is 5.92 Å². The first kappa shape index (κ1) is 25.7. The Morgan fingerprint density at radius 2 is 1.81 bits per heavy atom. The minimum absolute atomic E-state index is 0.107. The molecular weight excluding hydrogens is 458 g/mol. The van der Waals surface area contributed by atoms with Gasteiger partial charge in [-0.3, -0.25) is 19.3 Å². The number of nitrogens with one attached hydrogen (secondary N) is 1. The van der Waals surface area contributed by atoms with Crippen LogP contribution in [0.25, 0.3) is 0 Å².